The Morgan fingerprint density at radius 2 is 2.00 bits per heavy atom. The first-order chi connectivity index (χ1) is 11.5. The van der Waals surface area contributed by atoms with Gasteiger partial charge in [-0.3, -0.25) is 9.59 Å². The molecule has 1 aliphatic rings. The first-order valence-corrected chi connectivity index (χ1v) is 8.42. The predicted molar refractivity (Wildman–Crippen MR) is 89.2 cm³/mol. The van der Waals surface area contributed by atoms with E-state index in [0.717, 1.165) is 0 Å². The summed E-state index contributed by atoms with van der Waals surface area (Å²) in [5.74, 6) is -0.831. The maximum absolute atomic E-state index is 13.8. The van der Waals surface area contributed by atoms with Crippen LogP contribution in [0.25, 0.3) is 0 Å². The highest BCUT2D eigenvalue weighted by atomic mass is 79.9. The lowest BCUT2D eigenvalue weighted by atomic mass is 10.0. The highest BCUT2D eigenvalue weighted by molar-refractivity contribution is 9.10. The Balaban J connectivity index is 1.56. The molecular formula is C17H16BrFN2O3. The topological polar surface area (TPSA) is 62.6 Å². The van der Waals surface area contributed by atoms with Gasteiger partial charge in [0.05, 0.1) is 11.8 Å². The molecule has 1 N–H and O–H groups in total. The van der Waals surface area contributed by atoms with Crippen LogP contribution in [0.1, 0.15) is 33.8 Å². The minimum absolute atomic E-state index is 0.0125. The SMILES string of the molecule is O=C(NC1CCN(C(=O)c2ccco2)CC1)c1cc(Br)ccc1F. The van der Waals surface area contributed by atoms with Gasteiger partial charge < -0.3 is 14.6 Å². The number of benzene rings is 1. The van der Waals surface area contributed by atoms with Crippen molar-refractivity contribution in [2.75, 3.05) is 13.1 Å². The van der Waals surface area contributed by atoms with Crippen molar-refractivity contribution in [2.45, 2.75) is 18.9 Å². The summed E-state index contributed by atoms with van der Waals surface area (Å²) < 4.78 is 19.5. The van der Waals surface area contributed by atoms with Crippen molar-refractivity contribution in [3.63, 3.8) is 0 Å². The van der Waals surface area contributed by atoms with E-state index in [1.807, 2.05) is 0 Å². The van der Waals surface area contributed by atoms with Crippen LogP contribution in [0.2, 0.25) is 0 Å². The highest BCUT2D eigenvalue weighted by Crippen LogP contribution is 2.18. The van der Waals surface area contributed by atoms with Gasteiger partial charge in [0.2, 0.25) is 0 Å². The molecule has 0 unspecified atom stereocenters. The van der Waals surface area contributed by atoms with E-state index in [9.17, 15) is 14.0 Å². The summed E-state index contributed by atoms with van der Waals surface area (Å²) in [7, 11) is 0. The van der Waals surface area contributed by atoms with Crippen LogP contribution in [0, 0.1) is 5.82 Å². The molecule has 24 heavy (non-hydrogen) atoms. The van der Waals surface area contributed by atoms with Crippen LogP contribution in [-0.2, 0) is 0 Å². The van der Waals surface area contributed by atoms with Crippen LogP contribution in [0.4, 0.5) is 4.39 Å². The number of carbonyl (C=O) groups excluding carboxylic acids is 2. The zero-order chi connectivity index (χ0) is 17.1. The molecule has 2 amide bonds. The number of amides is 2. The number of furan rings is 1. The summed E-state index contributed by atoms with van der Waals surface area (Å²) in [5, 5.41) is 2.84. The van der Waals surface area contributed by atoms with Crippen LogP contribution in [0.15, 0.2) is 45.5 Å². The summed E-state index contributed by atoms with van der Waals surface area (Å²) in [5.41, 5.74) is 0.0125. The molecule has 0 saturated carbocycles. The van der Waals surface area contributed by atoms with Gasteiger partial charge in [0.1, 0.15) is 5.82 Å². The summed E-state index contributed by atoms with van der Waals surface area (Å²) in [6, 6.07) is 7.48. The molecule has 0 radical (unpaired) electrons. The minimum atomic E-state index is -0.555. The average Bonchev–Trinajstić information content (AvgIpc) is 3.11. The third kappa shape index (κ3) is 3.67. The van der Waals surface area contributed by atoms with Crippen LogP contribution in [0.5, 0.6) is 0 Å². The Labute approximate surface area is 146 Å². The van der Waals surface area contributed by atoms with Gasteiger partial charge in [0.15, 0.2) is 5.76 Å². The second-order valence-electron chi connectivity index (χ2n) is 5.64. The summed E-state index contributed by atoms with van der Waals surface area (Å²) in [4.78, 5) is 26.1. The third-order valence-electron chi connectivity index (χ3n) is 4.02. The number of nitrogens with one attached hydrogen (secondary N) is 1. The van der Waals surface area contributed by atoms with Crippen LogP contribution in [0.3, 0.4) is 0 Å². The van der Waals surface area contributed by atoms with Crippen LogP contribution in [-0.4, -0.2) is 35.8 Å². The number of piperidine rings is 1. The third-order valence-corrected chi connectivity index (χ3v) is 4.52. The normalized spacial score (nSPS) is 15.3. The number of carbonyl (C=O) groups is 2. The van der Waals surface area contributed by atoms with E-state index in [-0.39, 0.29) is 17.5 Å². The van der Waals surface area contributed by atoms with E-state index < -0.39 is 11.7 Å². The lowest BCUT2D eigenvalue weighted by Gasteiger charge is -2.31. The summed E-state index contributed by atoms with van der Waals surface area (Å²) >= 11 is 3.23. The number of hydrogen-bond donors (Lipinski definition) is 1. The molecule has 5 nitrogen and oxygen atoms in total. The standard InChI is InChI=1S/C17H16BrFN2O3/c18-11-3-4-14(19)13(10-11)16(22)20-12-5-7-21(8-6-12)17(23)15-2-1-9-24-15/h1-4,9-10,12H,5-8H2,(H,20,22). The number of rotatable bonds is 3. The van der Waals surface area contributed by atoms with Gasteiger partial charge in [-0.05, 0) is 43.2 Å². The molecule has 1 aliphatic heterocycles. The summed E-state index contributed by atoms with van der Waals surface area (Å²) in [6.45, 7) is 1.04. The summed E-state index contributed by atoms with van der Waals surface area (Å²) in [6.07, 6.45) is 2.70. The van der Waals surface area contributed by atoms with Gasteiger partial charge in [-0.1, -0.05) is 15.9 Å². The molecule has 1 fully saturated rings. The minimum Gasteiger partial charge on any atom is -0.459 e. The fourth-order valence-electron chi connectivity index (χ4n) is 2.72. The van der Waals surface area contributed by atoms with Crippen molar-refractivity contribution in [1.82, 2.24) is 10.2 Å². The van der Waals surface area contributed by atoms with E-state index in [0.29, 0.717) is 36.2 Å². The van der Waals surface area contributed by atoms with Crippen LogP contribution >= 0.6 is 15.9 Å². The predicted octanol–water partition coefficient (Wildman–Crippen LogP) is 3.22. The van der Waals surface area contributed by atoms with Crippen molar-refractivity contribution < 1.29 is 18.4 Å². The maximum Gasteiger partial charge on any atom is 0.289 e. The van der Waals surface area contributed by atoms with Crippen molar-refractivity contribution in [3.05, 3.63) is 58.2 Å². The first-order valence-electron chi connectivity index (χ1n) is 7.63. The van der Waals surface area contributed by atoms with Gasteiger partial charge in [-0.15, -0.1) is 0 Å². The molecule has 2 aromatic rings. The van der Waals surface area contributed by atoms with Gasteiger partial charge in [0, 0.05) is 23.6 Å². The van der Waals surface area contributed by atoms with Gasteiger partial charge in [-0.2, -0.15) is 0 Å². The largest absolute Gasteiger partial charge is 0.459 e. The molecule has 1 aromatic heterocycles. The number of nitrogens with zero attached hydrogens (tertiary/aromatic N) is 1. The van der Waals surface area contributed by atoms with Crippen LogP contribution < -0.4 is 5.32 Å². The van der Waals surface area contributed by atoms with Crippen molar-refractivity contribution >= 4 is 27.7 Å². The number of hydrogen-bond acceptors (Lipinski definition) is 3. The molecule has 7 heteroatoms. The maximum atomic E-state index is 13.8. The second kappa shape index (κ2) is 7.17. The lowest BCUT2D eigenvalue weighted by molar-refractivity contribution is 0.0667. The smallest absolute Gasteiger partial charge is 0.289 e. The highest BCUT2D eigenvalue weighted by Gasteiger charge is 2.26. The van der Waals surface area contributed by atoms with Gasteiger partial charge in [0.25, 0.3) is 11.8 Å². The van der Waals surface area contributed by atoms with Crippen molar-refractivity contribution in [3.8, 4) is 0 Å². The Morgan fingerprint density at radius 1 is 1.25 bits per heavy atom. The fourth-order valence-corrected chi connectivity index (χ4v) is 3.08. The Bertz CT molecular complexity index is 740. The quantitative estimate of drug-likeness (QED) is 0.868. The molecule has 3 rings (SSSR count). The first kappa shape index (κ1) is 16.7. The average molecular weight is 395 g/mol. The number of halogens is 2. The second-order valence-corrected chi connectivity index (χ2v) is 6.56. The van der Waals surface area contributed by atoms with E-state index in [4.69, 9.17) is 4.42 Å². The lowest BCUT2D eigenvalue weighted by Crippen LogP contribution is -2.46. The molecular weight excluding hydrogens is 379 g/mol. The molecule has 0 bridgehead atoms. The van der Waals surface area contributed by atoms with E-state index in [1.54, 1.807) is 23.1 Å². The molecule has 0 spiro atoms. The monoisotopic (exact) mass is 394 g/mol. The number of likely N-dealkylation sites (tertiary alicyclic amines) is 1. The Hall–Kier alpha value is -2.15. The van der Waals surface area contributed by atoms with E-state index >= 15 is 0 Å². The van der Waals surface area contributed by atoms with Gasteiger partial charge in [-0.25, -0.2) is 4.39 Å². The van der Waals surface area contributed by atoms with E-state index in [2.05, 4.69) is 21.2 Å². The van der Waals surface area contributed by atoms with Crippen molar-refractivity contribution in [1.29, 1.82) is 0 Å². The molecule has 0 aliphatic carbocycles. The van der Waals surface area contributed by atoms with E-state index in [1.165, 1.54) is 18.4 Å². The van der Waals surface area contributed by atoms with Crippen molar-refractivity contribution in [2.24, 2.45) is 0 Å². The molecule has 1 saturated heterocycles. The fraction of sp³-hybridized carbons (Fsp3) is 0.294. The molecule has 1 aromatic carbocycles. The Morgan fingerprint density at radius 3 is 2.67 bits per heavy atom. The molecule has 0 atom stereocenters. The Kier molecular flexibility index (Phi) is 4.99. The zero-order valence-electron chi connectivity index (χ0n) is 12.8. The van der Waals surface area contributed by atoms with Gasteiger partial charge >= 0.3 is 0 Å². The molecule has 2 heterocycles. The zero-order valence-corrected chi connectivity index (χ0v) is 14.4. The molecule has 126 valence electrons.